The minimum atomic E-state index is -4.73. The van der Waals surface area contributed by atoms with Crippen LogP contribution in [0.4, 0.5) is 13.2 Å². The molecule has 4 nitrogen and oxygen atoms in total. The van der Waals surface area contributed by atoms with Crippen LogP contribution in [0.25, 0.3) is 11.1 Å². The number of alkyl halides is 3. The summed E-state index contributed by atoms with van der Waals surface area (Å²) in [5.41, 5.74) is 4.29. The molecule has 1 aliphatic rings. The van der Waals surface area contributed by atoms with Gasteiger partial charge in [0.1, 0.15) is 17.2 Å². The second-order valence-corrected chi connectivity index (χ2v) is 7.90. The van der Waals surface area contributed by atoms with Crippen molar-refractivity contribution in [2.24, 2.45) is 5.92 Å². The lowest BCUT2D eigenvalue weighted by Gasteiger charge is -2.22. The van der Waals surface area contributed by atoms with E-state index in [1.54, 1.807) is 12.1 Å². The maximum Gasteiger partial charge on any atom is 0.573 e. The van der Waals surface area contributed by atoms with Gasteiger partial charge in [0.25, 0.3) is 0 Å². The van der Waals surface area contributed by atoms with Crippen LogP contribution in [0.1, 0.15) is 30.3 Å². The van der Waals surface area contributed by atoms with Crippen LogP contribution in [0.5, 0.6) is 17.2 Å². The van der Waals surface area contributed by atoms with E-state index < -0.39 is 6.36 Å². The van der Waals surface area contributed by atoms with Crippen molar-refractivity contribution in [2.75, 3.05) is 0 Å². The van der Waals surface area contributed by atoms with Crippen LogP contribution in [0.3, 0.4) is 0 Å². The number of nitrogens with one attached hydrogen (secondary N) is 1. The molecule has 0 aliphatic heterocycles. The number of aryl methyl sites for hydroxylation is 1. The third-order valence-electron chi connectivity index (χ3n) is 5.45. The van der Waals surface area contributed by atoms with E-state index in [1.807, 2.05) is 19.1 Å². The van der Waals surface area contributed by atoms with Crippen LogP contribution >= 0.6 is 0 Å². The first-order valence-electron chi connectivity index (χ1n) is 10.1. The molecule has 2 aromatic carbocycles. The molecule has 1 aliphatic carbocycles. The number of pyridine rings is 1. The lowest BCUT2D eigenvalue weighted by Crippen LogP contribution is -2.24. The number of H-pyrrole nitrogens is 1. The van der Waals surface area contributed by atoms with Crippen molar-refractivity contribution in [1.82, 2.24) is 4.98 Å². The second-order valence-electron chi connectivity index (χ2n) is 7.90. The monoisotopic (exact) mass is 429 g/mol. The number of rotatable bonds is 4. The molecule has 1 heterocycles. The minimum absolute atomic E-state index is 0.0760. The number of ether oxygens (including phenoxy) is 2. The molecular weight excluding hydrogens is 407 g/mol. The Hall–Kier alpha value is -3.22. The highest BCUT2D eigenvalue weighted by Gasteiger charge is 2.31. The molecule has 3 aromatic rings. The molecular formula is C24H22F3NO3. The smallest absolute Gasteiger partial charge is 0.457 e. The minimum Gasteiger partial charge on any atom is -0.457 e. The Kier molecular flexibility index (Phi) is 5.52. The first-order valence-corrected chi connectivity index (χ1v) is 10.1. The summed E-state index contributed by atoms with van der Waals surface area (Å²) < 4.78 is 46.3. The Morgan fingerprint density at radius 2 is 1.55 bits per heavy atom. The van der Waals surface area contributed by atoms with E-state index in [0.29, 0.717) is 23.0 Å². The molecule has 162 valence electrons. The Balaban J connectivity index is 1.53. The van der Waals surface area contributed by atoms with Gasteiger partial charge in [-0.25, -0.2) is 0 Å². The highest BCUT2D eigenvalue weighted by molar-refractivity contribution is 5.67. The first-order chi connectivity index (χ1) is 14.7. The predicted octanol–water partition coefficient (Wildman–Crippen LogP) is 6.17. The van der Waals surface area contributed by atoms with Gasteiger partial charge in [-0.3, -0.25) is 4.79 Å². The SMILES string of the molecule is Cc1[nH]c2c(c(=O)c1-c1ccc(Oc3ccc(OC(F)(F)F)cc3)cc1)CCC(C)C2. The Morgan fingerprint density at radius 3 is 2.16 bits per heavy atom. The van der Waals surface area contributed by atoms with Crippen LogP contribution in [0, 0.1) is 12.8 Å². The van der Waals surface area contributed by atoms with E-state index >= 15 is 0 Å². The van der Waals surface area contributed by atoms with Crippen molar-refractivity contribution >= 4 is 0 Å². The summed E-state index contributed by atoms with van der Waals surface area (Å²) in [5, 5.41) is 0. The van der Waals surface area contributed by atoms with Gasteiger partial charge in [-0.15, -0.1) is 13.2 Å². The Labute approximate surface area is 177 Å². The standard InChI is InChI=1S/C24H22F3NO3/c1-14-3-12-20-21(13-14)28-15(2)22(23(20)29)16-4-6-17(7-5-16)30-18-8-10-19(11-9-18)31-24(25,26)27/h4-11,14H,3,12-13H2,1-2H3,(H,28,29). The second kappa shape index (κ2) is 8.13. The van der Waals surface area contributed by atoms with Crippen LogP contribution in [-0.4, -0.2) is 11.3 Å². The predicted molar refractivity (Wildman–Crippen MR) is 112 cm³/mol. The zero-order valence-corrected chi connectivity index (χ0v) is 17.2. The topological polar surface area (TPSA) is 51.3 Å². The van der Waals surface area contributed by atoms with E-state index in [9.17, 15) is 18.0 Å². The van der Waals surface area contributed by atoms with Crippen molar-refractivity contribution < 1.29 is 22.6 Å². The average molecular weight is 429 g/mol. The summed E-state index contributed by atoms with van der Waals surface area (Å²) >= 11 is 0. The fourth-order valence-corrected chi connectivity index (χ4v) is 3.99. The number of hydrogen-bond donors (Lipinski definition) is 1. The molecule has 4 rings (SSSR count). The molecule has 31 heavy (non-hydrogen) atoms. The van der Waals surface area contributed by atoms with Crippen molar-refractivity contribution in [2.45, 2.75) is 39.5 Å². The quantitative estimate of drug-likeness (QED) is 0.540. The van der Waals surface area contributed by atoms with Gasteiger partial charge >= 0.3 is 6.36 Å². The fourth-order valence-electron chi connectivity index (χ4n) is 3.99. The number of aromatic amines is 1. The van der Waals surface area contributed by atoms with Gasteiger partial charge in [-0.2, -0.15) is 0 Å². The van der Waals surface area contributed by atoms with Gasteiger partial charge in [0.05, 0.1) is 0 Å². The van der Waals surface area contributed by atoms with Gasteiger partial charge in [-0.1, -0.05) is 19.1 Å². The summed E-state index contributed by atoms with van der Waals surface area (Å²) in [7, 11) is 0. The van der Waals surface area contributed by atoms with Gasteiger partial charge in [-0.05, 0) is 74.1 Å². The molecule has 1 aromatic heterocycles. The average Bonchev–Trinajstić information content (AvgIpc) is 2.69. The van der Waals surface area contributed by atoms with Crippen LogP contribution in [0.15, 0.2) is 53.3 Å². The molecule has 7 heteroatoms. The Bertz CT molecular complexity index is 1130. The normalized spacial score (nSPS) is 16.0. The largest absolute Gasteiger partial charge is 0.573 e. The maximum absolute atomic E-state index is 13.1. The zero-order valence-electron chi connectivity index (χ0n) is 17.2. The number of aromatic nitrogens is 1. The molecule has 0 saturated heterocycles. The van der Waals surface area contributed by atoms with Gasteiger partial charge in [0.2, 0.25) is 0 Å². The van der Waals surface area contributed by atoms with E-state index in [0.717, 1.165) is 41.8 Å². The fraction of sp³-hybridized carbons (Fsp3) is 0.292. The molecule has 0 amide bonds. The summed E-state index contributed by atoms with van der Waals surface area (Å²) in [6.45, 7) is 4.10. The van der Waals surface area contributed by atoms with Crippen LogP contribution in [0.2, 0.25) is 0 Å². The third kappa shape index (κ3) is 4.76. The lowest BCUT2D eigenvalue weighted by molar-refractivity contribution is -0.274. The Morgan fingerprint density at radius 1 is 0.968 bits per heavy atom. The highest BCUT2D eigenvalue weighted by atomic mass is 19.4. The molecule has 0 saturated carbocycles. The highest BCUT2D eigenvalue weighted by Crippen LogP contribution is 2.30. The summed E-state index contributed by atoms with van der Waals surface area (Å²) in [6, 6.07) is 12.3. The summed E-state index contributed by atoms with van der Waals surface area (Å²) in [4.78, 5) is 16.5. The lowest BCUT2D eigenvalue weighted by atomic mass is 9.86. The van der Waals surface area contributed by atoms with Crippen molar-refractivity contribution in [3.8, 4) is 28.4 Å². The molecule has 1 unspecified atom stereocenters. The molecule has 0 radical (unpaired) electrons. The summed E-state index contributed by atoms with van der Waals surface area (Å²) in [6.07, 6.45) is -2.04. The molecule has 0 fully saturated rings. The molecule has 0 bridgehead atoms. The third-order valence-corrected chi connectivity index (χ3v) is 5.45. The van der Waals surface area contributed by atoms with Crippen LogP contribution in [-0.2, 0) is 12.8 Å². The zero-order chi connectivity index (χ0) is 22.2. The number of fused-ring (bicyclic) bond motifs is 1. The van der Waals surface area contributed by atoms with E-state index in [1.165, 1.54) is 24.3 Å². The van der Waals surface area contributed by atoms with Crippen molar-refractivity contribution in [3.63, 3.8) is 0 Å². The van der Waals surface area contributed by atoms with Gasteiger partial charge in [0.15, 0.2) is 5.43 Å². The van der Waals surface area contributed by atoms with Crippen molar-refractivity contribution in [3.05, 3.63) is 75.7 Å². The van der Waals surface area contributed by atoms with Crippen LogP contribution < -0.4 is 14.9 Å². The van der Waals surface area contributed by atoms with E-state index in [4.69, 9.17) is 4.74 Å². The van der Waals surface area contributed by atoms with Gasteiger partial charge < -0.3 is 14.5 Å². The van der Waals surface area contributed by atoms with Crippen molar-refractivity contribution in [1.29, 1.82) is 0 Å². The molecule has 1 atom stereocenters. The van der Waals surface area contributed by atoms with E-state index in [-0.39, 0.29) is 11.2 Å². The summed E-state index contributed by atoms with van der Waals surface area (Å²) in [5.74, 6) is 1.14. The molecule has 1 N–H and O–H groups in total. The van der Waals surface area contributed by atoms with Gasteiger partial charge in [0, 0.05) is 22.5 Å². The van der Waals surface area contributed by atoms with E-state index in [2.05, 4.69) is 16.6 Å². The first kappa shape index (κ1) is 21.0. The number of hydrogen-bond acceptors (Lipinski definition) is 3. The molecule has 0 spiro atoms. The number of halogens is 3. The number of benzene rings is 2. The maximum atomic E-state index is 13.1.